The van der Waals surface area contributed by atoms with Gasteiger partial charge in [0.05, 0.1) is 12.1 Å². The molecule has 0 aliphatic heterocycles. The van der Waals surface area contributed by atoms with Gasteiger partial charge in [-0.3, -0.25) is 4.99 Å². The van der Waals surface area contributed by atoms with E-state index in [4.69, 9.17) is 9.47 Å². The minimum Gasteiger partial charge on any atom is -0.476 e. The van der Waals surface area contributed by atoms with Crippen LogP contribution in [0.5, 0.6) is 5.88 Å². The number of guanidine groups is 1. The zero-order valence-corrected chi connectivity index (χ0v) is 15.7. The number of nitrogens with zero attached hydrogens (tertiary/aromatic N) is 2. The number of halogens is 3. The van der Waals surface area contributed by atoms with Crippen LogP contribution >= 0.6 is 0 Å². The van der Waals surface area contributed by atoms with Crippen LogP contribution in [0.3, 0.4) is 0 Å². The fourth-order valence-electron chi connectivity index (χ4n) is 2.96. The van der Waals surface area contributed by atoms with Gasteiger partial charge in [0.25, 0.3) is 0 Å². The maximum absolute atomic E-state index is 12.5. The fourth-order valence-corrected chi connectivity index (χ4v) is 2.96. The molecule has 1 aromatic heterocycles. The number of aromatic nitrogens is 1. The van der Waals surface area contributed by atoms with E-state index < -0.39 is 11.7 Å². The van der Waals surface area contributed by atoms with Crippen LogP contribution in [-0.2, 0) is 10.9 Å². The molecule has 0 aromatic carbocycles. The third kappa shape index (κ3) is 6.57. The van der Waals surface area contributed by atoms with Gasteiger partial charge < -0.3 is 20.1 Å². The first-order valence-corrected chi connectivity index (χ1v) is 8.98. The van der Waals surface area contributed by atoms with Crippen molar-refractivity contribution in [3.63, 3.8) is 0 Å². The van der Waals surface area contributed by atoms with E-state index in [0.29, 0.717) is 12.5 Å². The van der Waals surface area contributed by atoms with Gasteiger partial charge >= 0.3 is 6.18 Å². The molecule has 1 aromatic rings. The Bertz CT molecular complexity index is 602. The van der Waals surface area contributed by atoms with Crippen LogP contribution in [-0.4, -0.2) is 51.4 Å². The maximum Gasteiger partial charge on any atom is 0.417 e. The van der Waals surface area contributed by atoms with E-state index in [0.717, 1.165) is 31.8 Å². The molecule has 0 saturated heterocycles. The molecular formula is C18H27F3N4O2. The molecule has 2 rings (SSSR count). The number of hydrogen-bond donors (Lipinski definition) is 2. The van der Waals surface area contributed by atoms with Gasteiger partial charge in [-0.15, -0.1) is 0 Å². The van der Waals surface area contributed by atoms with Gasteiger partial charge in [0.1, 0.15) is 6.61 Å². The van der Waals surface area contributed by atoms with Crippen LogP contribution in [0.15, 0.2) is 23.3 Å². The number of rotatable bonds is 9. The predicted molar refractivity (Wildman–Crippen MR) is 96.9 cm³/mol. The van der Waals surface area contributed by atoms with Crippen LogP contribution < -0.4 is 15.4 Å². The van der Waals surface area contributed by atoms with Gasteiger partial charge in [-0.25, -0.2) is 4.98 Å². The molecule has 0 amide bonds. The van der Waals surface area contributed by atoms with Gasteiger partial charge in [-0.05, 0) is 30.7 Å². The highest BCUT2D eigenvalue weighted by Crippen LogP contribution is 2.43. The molecule has 27 heavy (non-hydrogen) atoms. The SMILES string of the molecule is CN=C(NCCOc1ccc(C(F)(F)F)cn1)NCC1(CCOC)CCC1. The quantitative estimate of drug-likeness (QED) is 0.387. The first-order chi connectivity index (χ1) is 12.9. The highest BCUT2D eigenvalue weighted by molar-refractivity contribution is 5.79. The summed E-state index contributed by atoms with van der Waals surface area (Å²) in [5.41, 5.74) is -0.523. The third-order valence-corrected chi connectivity index (χ3v) is 4.81. The standard InChI is InChI=1S/C18H27F3N4O2/c1-22-16(25-13-17(6-3-7-17)8-10-26-2)23-9-11-27-15-5-4-14(12-24-15)18(19,20)21/h4-5,12H,3,6-11,13H2,1-2H3,(H2,22,23,25). The molecule has 0 unspecified atom stereocenters. The summed E-state index contributed by atoms with van der Waals surface area (Å²) in [7, 11) is 3.40. The zero-order valence-electron chi connectivity index (χ0n) is 15.7. The fraction of sp³-hybridized carbons (Fsp3) is 0.667. The lowest BCUT2D eigenvalue weighted by atomic mass is 9.67. The average molecular weight is 388 g/mol. The molecular weight excluding hydrogens is 361 g/mol. The number of pyridine rings is 1. The number of hydrogen-bond acceptors (Lipinski definition) is 4. The van der Waals surface area contributed by atoms with E-state index in [9.17, 15) is 13.2 Å². The second-order valence-electron chi connectivity index (χ2n) is 6.68. The molecule has 2 N–H and O–H groups in total. The second kappa shape index (κ2) is 9.77. The van der Waals surface area contributed by atoms with E-state index in [1.807, 2.05) is 0 Å². The van der Waals surface area contributed by atoms with Crippen molar-refractivity contribution in [1.82, 2.24) is 15.6 Å². The van der Waals surface area contributed by atoms with Gasteiger partial charge in [0.2, 0.25) is 5.88 Å². The minimum atomic E-state index is -4.40. The number of ether oxygens (including phenoxy) is 2. The van der Waals surface area contributed by atoms with E-state index in [1.165, 1.54) is 25.3 Å². The summed E-state index contributed by atoms with van der Waals surface area (Å²) in [4.78, 5) is 7.85. The van der Waals surface area contributed by atoms with Crippen LogP contribution in [0.25, 0.3) is 0 Å². The first kappa shape index (κ1) is 21.3. The summed E-state index contributed by atoms with van der Waals surface area (Å²) in [6, 6.07) is 2.17. The van der Waals surface area contributed by atoms with Crippen LogP contribution in [0.1, 0.15) is 31.2 Å². The van der Waals surface area contributed by atoms with Crippen molar-refractivity contribution in [2.24, 2.45) is 10.4 Å². The smallest absolute Gasteiger partial charge is 0.417 e. The van der Waals surface area contributed by atoms with Gasteiger partial charge in [-0.1, -0.05) is 6.42 Å². The second-order valence-corrected chi connectivity index (χ2v) is 6.68. The number of nitrogens with one attached hydrogen (secondary N) is 2. The van der Waals surface area contributed by atoms with E-state index in [-0.39, 0.29) is 17.9 Å². The first-order valence-electron chi connectivity index (χ1n) is 8.98. The summed E-state index contributed by atoms with van der Waals surface area (Å²) in [5.74, 6) is 0.823. The van der Waals surface area contributed by atoms with Crippen LogP contribution in [0, 0.1) is 5.41 Å². The van der Waals surface area contributed by atoms with Gasteiger partial charge in [0.15, 0.2) is 5.96 Å². The molecule has 1 saturated carbocycles. The monoisotopic (exact) mass is 388 g/mol. The zero-order chi connectivity index (χ0) is 19.8. The lowest BCUT2D eigenvalue weighted by molar-refractivity contribution is -0.137. The van der Waals surface area contributed by atoms with Crippen LogP contribution in [0.4, 0.5) is 13.2 Å². The Morgan fingerprint density at radius 1 is 1.26 bits per heavy atom. The molecule has 0 bridgehead atoms. The normalized spacial score (nSPS) is 16.6. The summed E-state index contributed by atoms with van der Waals surface area (Å²) in [6.45, 7) is 2.29. The molecule has 0 spiro atoms. The molecule has 0 radical (unpaired) electrons. The van der Waals surface area contributed by atoms with Crippen molar-refractivity contribution < 1.29 is 22.6 Å². The Balaban J connectivity index is 1.69. The lowest BCUT2D eigenvalue weighted by Gasteiger charge is -2.42. The third-order valence-electron chi connectivity index (χ3n) is 4.81. The van der Waals surface area contributed by atoms with Crippen molar-refractivity contribution in [2.45, 2.75) is 31.9 Å². The molecule has 1 fully saturated rings. The molecule has 9 heteroatoms. The Morgan fingerprint density at radius 2 is 2.04 bits per heavy atom. The highest BCUT2D eigenvalue weighted by Gasteiger charge is 2.36. The predicted octanol–water partition coefficient (Wildman–Crippen LogP) is 2.85. The Morgan fingerprint density at radius 3 is 2.56 bits per heavy atom. The average Bonchev–Trinajstić information content (AvgIpc) is 2.61. The minimum absolute atomic E-state index is 0.153. The van der Waals surface area contributed by atoms with Crippen molar-refractivity contribution in [3.05, 3.63) is 23.9 Å². The summed E-state index contributed by atoms with van der Waals surface area (Å²) in [6.07, 6.45) is 1.00. The highest BCUT2D eigenvalue weighted by atomic mass is 19.4. The Kier molecular flexibility index (Phi) is 7.70. The topological polar surface area (TPSA) is 67.8 Å². The largest absolute Gasteiger partial charge is 0.476 e. The molecule has 0 atom stereocenters. The molecule has 6 nitrogen and oxygen atoms in total. The molecule has 152 valence electrons. The molecule has 1 aliphatic carbocycles. The number of alkyl halides is 3. The number of aliphatic imine (C=N–C) groups is 1. The van der Waals surface area contributed by atoms with Crippen molar-refractivity contribution in [2.75, 3.05) is 40.5 Å². The maximum atomic E-state index is 12.5. The van der Waals surface area contributed by atoms with E-state index >= 15 is 0 Å². The van der Waals surface area contributed by atoms with Gasteiger partial charge in [0, 0.05) is 39.6 Å². The van der Waals surface area contributed by atoms with E-state index in [2.05, 4.69) is 20.6 Å². The van der Waals surface area contributed by atoms with E-state index in [1.54, 1.807) is 14.2 Å². The summed E-state index contributed by atoms with van der Waals surface area (Å²) >= 11 is 0. The summed E-state index contributed by atoms with van der Waals surface area (Å²) in [5, 5.41) is 6.46. The van der Waals surface area contributed by atoms with Crippen molar-refractivity contribution in [1.29, 1.82) is 0 Å². The Labute approximate surface area is 157 Å². The van der Waals surface area contributed by atoms with Crippen LogP contribution in [0.2, 0.25) is 0 Å². The molecule has 1 heterocycles. The Hall–Kier alpha value is -2.03. The van der Waals surface area contributed by atoms with Gasteiger partial charge in [-0.2, -0.15) is 13.2 Å². The number of methoxy groups -OCH3 is 1. The summed E-state index contributed by atoms with van der Waals surface area (Å²) < 4.78 is 48.0. The molecule has 1 aliphatic rings. The lowest BCUT2D eigenvalue weighted by Crippen LogP contribution is -2.47. The van der Waals surface area contributed by atoms with Crippen molar-refractivity contribution in [3.8, 4) is 5.88 Å². The van der Waals surface area contributed by atoms with Crippen molar-refractivity contribution >= 4 is 5.96 Å².